The molecule has 3 aromatic rings. The predicted molar refractivity (Wildman–Crippen MR) is 106 cm³/mol. The molecule has 0 N–H and O–H groups in total. The molecular weight excluding hydrogens is 384 g/mol. The second kappa shape index (κ2) is 7.21. The molecular formula is C19H16N2O4S2. The lowest BCUT2D eigenvalue weighted by Crippen LogP contribution is -2.31. The van der Waals surface area contributed by atoms with E-state index in [-0.39, 0.29) is 18.2 Å². The van der Waals surface area contributed by atoms with Crippen LogP contribution in [-0.2, 0) is 9.59 Å². The highest BCUT2D eigenvalue weighted by Gasteiger charge is 2.42. The van der Waals surface area contributed by atoms with E-state index in [1.54, 1.807) is 18.2 Å². The minimum Gasteiger partial charge on any atom is -0.497 e. The number of ether oxygens (including phenoxy) is 2. The zero-order chi connectivity index (χ0) is 19.0. The summed E-state index contributed by atoms with van der Waals surface area (Å²) in [4.78, 5) is 31.3. The SMILES string of the molecule is COc1ccc(OC)c(N2C(=O)C[C@@H](Sc3nc4ccccc4s3)C2=O)c1. The minimum atomic E-state index is -0.506. The molecule has 27 heavy (non-hydrogen) atoms. The molecule has 1 saturated heterocycles. The molecule has 8 heteroatoms. The molecule has 138 valence electrons. The Morgan fingerprint density at radius 3 is 2.70 bits per heavy atom. The Morgan fingerprint density at radius 2 is 1.96 bits per heavy atom. The molecule has 0 aliphatic carbocycles. The number of carbonyl (C=O) groups is 2. The van der Waals surface area contributed by atoms with Gasteiger partial charge in [0.25, 0.3) is 0 Å². The molecule has 0 unspecified atom stereocenters. The summed E-state index contributed by atoms with van der Waals surface area (Å²) in [5, 5.41) is -0.506. The van der Waals surface area contributed by atoms with Gasteiger partial charge in [-0.1, -0.05) is 23.9 Å². The third-order valence-corrected chi connectivity index (χ3v) is 6.56. The van der Waals surface area contributed by atoms with Gasteiger partial charge in [-0.3, -0.25) is 9.59 Å². The molecule has 1 aliphatic rings. The quantitative estimate of drug-likeness (QED) is 0.608. The van der Waals surface area contributed by atoms with Gasteiger partial charge in [0.15, 0.2) is 4.34 Å². The largest absolute Gasteiger partial charge is 0.497 e. The minimum absolute atomic E-state index is 0.125. The summed E-state index contributed by atoms with van der Waals surface area (Å²) in [5.74, 6) is 0.470. The highest BCUT2D eigenvalue weighted by Crippen LogP contribution is 2.40. The zero-order valence-electron chi connectivity index (χ0n) is 14.7. The fourth-order valence-electron chi connectivity index (χ4n) is 2.94. The number of benzene rings is 2. The molecule has 2 amide bonds. The first-order chi connectivity index (χ1) is 13.1. The van der Waals surface area contributed by atoms with E-state index in [2.05, 4.69) is 4.98 Å². The van der Waals surface area contributed by atoms with E-state index in [1.807, 2.05) is 24.3 Å². The fourth-order valence-corrected chi connectivity index (χ4v) is 5.28. The Kier molecular flexibility index (Phi) is 4.75. The van der Waals surface area contributed by atoms with Gasteiger partial charge >= 0.3 is 0 Å². The summed E-state index contributed by atoms with van der Waals surface area (Å²) in [5.41, 5.74) is 1.30. The van der Waals surface area contributed by atoms with Crippen LogP contribution in [0.15, 0.2) is 46.8 Å². The maximum Gasteiger partial charge on any atom is 0.247 e. The zero-order valence-corrected chi connectivity index (χ0v) is 16.3. The Morgan fingerprint density at radius 1 is 1.15 bits per heavy atom. The lowest BCUT2D eigenvalue weighted by atomic mass is 10.2. The Labute approximate surface area is 164 Å². The molecule has 1 aliphatic heterocycles. The number of para-hydroxylation sites is 1. The van der Waals surface area contributed by atoms with Crippen molar-refractivity contribution >= 4 is 50.8 Å². The van der Waals surface area contributed by atoms with Crippen molar-refractivity contribution in [1.82, 2.24) is 4.98 Å². The molecule has 0 spiro atoms. The van der Waals surface area contributed by atoms with E-state index >= 15 is 0 Å². The van der Waals surface area contributed by atoms with Crippen molar-refractivity contribution < 1.29 is 19.1 Å². The second-order valence-corrected chi connectivity index (χ2v) is 8.34. The fraction of sp³-hybridized carbons (Fsp3) is 0.211. The Balaban J connectivity index is 1.62. The number of fused-ring (bicyclic) bond motifs is 1. The normalized spacial score (nSPS) is 17.0. The van der Waals surface area contributed by atoms with Crippen molar-refractivity contribution in [2.24, 2.45) is 0 Å². The van der Waals surface area contributed by atoms with E-state index in [0.717, 1.165) is 14.6 Å². The number of hydrogen-bond acceptors (Lipinski definition) is 7. The van der Waals surface area contributed by atoms with E-state index < -0.39 is 5.25 Å². The van der Waals surface area contributed by atoms with Gasteiger partial charge in [-0.15, -0.1) is 11.3 Å². The van der Waals surface area contributed by atoms with Crippen molar-refractivity contribution in [2.75, 3.05) is 19.1 Å². The first-order valence-electron chi connectivity index (χ1n) is 8.21. The van der Waals surface area contributed by atoms with Gasteiger partial charge in [0.05, 0.1) is 30.1 Å². The molecule has 0 saturated carbocycles. The van der Waals surface area contributed by atoms with Crippen LogP contribution in [0, 0.1) is 0 Å². The van der Waals surface area contributed by atoms with Gasteiger partial charge in [0.1, 0.15) is 16.7 Å². The summed E-state index contributed by atoms with van der Waals surface area (Å²) in [7, 11) is 3.04. The van der Waals surface area contributed by atoms with Crippen molar-refractivity contribution in [3.8, 4) is 11.5 Å². The van der Waals surface area contributed by atoms with Gasteiger partial charge in [-0.25, -0.2) is 9.88 Å². The Hall–Kier alpha value is -2.58. The summed E-state index contributed by atoms with van der Waals surface area (Å²) in [6, 6.07) is 12.9. The number of amides is 2. The number of thiazole rings is 1. The third-order valence-electron chi connectivity index (χ3n) is 4.25. The van der Waals surface area contributed by atoms with Gasteiger partial charge in [-0.2, -0.15) is 0 Å². The summed E-state index contributed by atoms with van der Waals surface area (Å²) < 4.78 is 12.4. The number of imide groups is 1. The number of aromatic nitrogens is 1. The number of methoxy groups -OCH3 is 2. The average molecular weight is 400 g/mol. The maximum absolute atomic E-state index is 13.0. The van der Waals surface area contributed by atoms with Gasteiger partial charge in [0, 0.05) is 12.5 Å². The van der Waals surface area contributed by atoms with Crippen molar-refractivity contribution in [3.05, 3.63) is 42.5 Å². The monoisotopic (exact) mass is 400 g/mol. The summed E-state index contributed by atoms with van der Waals surface area (Å²) in [6.45, 7) is 0. The predicted octanol–water partition coefficient (Wildman–Crippen LogP) is 3.74. The molecule has 0 bridgehead atoms. The molecule has 1 aromatic heterocycles. The van der Waals surface area contributed by atoms with Crippen molar-refractivity contribution in [3.63, 3.8) is 0 Å². The molecule has 2 aromatic carbocycles. The van der Waals surface area contributed by atoms with Crippen LogP contribution in [0.5, 0.6) is 11.5 Å². The lowest BCUT2D eigenvalue weighted by molar-refractivity contribution is -0.121. The van der Waals surface area contributed by atoms with E-state index in [0.29, 0.717) is 17.2 Å². The number of anilines is 1. The van der Waals surface area contributed by atoms with E-state index in [9.17, 15) is 9.59 Å². The third kappa shape index (κ3) is 3.26. The highest BCUT2D eigenvalue weighted by atomic mass is 32.2. The van der Waals surface area contributed by atoms with Gasteiger partial charge in [0.2, 0.25) is 11.8 Å². The van der Waals surface area contributed by atoms with E-state index in [1.165, 1.54) is 42.2 Å². The first-order valence-corrected chi connectivity index (χ1v) is 9.91. The van der Waals surface area contributed by atoms with E-state index in [4.69, 9.17) is 9.47 Å². The van der Waals surface area contributed by atoms with Crippen LogP contribution in [0.3, 0.4) is 0 Å². The molecule has 1 atom stereocenters. The van der Waals surface area contributed by atoms with Crippen LogP contribution in [0.25, 0.3) is 10.2 Å². The lowest BCUT2D eigenvalue weighted by Gasteiger charge is -2.18. The van der Waals surface area contributed by atoms with Crippen LogP contribution in [0.2, 0.25) is 0 Å². The standard InChI is InChI=1S/C19H16N2O4S2/c1-24-11-7-8-14(25-2)13(9-11)21-17(22)10-16(18(21)23)27-19-20-12-5-3-4-6-15(12)26-19/h3-9,16H,10H2,1-2H3/t16-/m1/s1. The van der Waals surface area contributed by atoms with Gasteiger partial charge < -0.3 is 9.47 Å². The van der Waals surface area contributed by atoms with Crippen LogP contribution in [-0.4, -0.2) is 36.3 Å². The number of carbonyl (C=O) groups excluding carboxylic acids is 2. The molecule has 0 radical (unpaired) electrons. The molecule has 2 heterocycles. The smallest absolute Gasteiger partial charge is 0.247 e. The maximum atomic E-state index is 13.0. The molecule has 1 fully saturated rings. The summed E-state index contributed by atoms with van der Waals surface area (Å²) >= 11 is 2.86. The molecule has 4 rings (SSSR count). The van der Waals surface area contributed by atoms with Crippen LogP contribution < -0.4 is 14.4 Å². The van der Waals surface area contributed by atoms with Crippen molar-refractivity contribution in [1.29, 1.82) is 0 Å². The first kappa shape index (κ1) is 17.8. The Bertz CT molecular complexity index is 1000. The van der Waals surface area contributed by atoms with Crippen LogP contribution >= 0.6 is 23.1 Å². The van der Waals surface area contributed by atoms with Gasteiger partial charge in [-0.05, 0) is 24.3 Å². The highest BCUT2D eigenvalue weighted by molar-refractivity contribution is 8.02. The average Bonchev–Trinajstić information content (AvgIpc) is 3.21. The molecule has 6 nitrogen and oxygen atoms in total. The number of hydrogen-bond donors (Lipinski definition) is 0. The number of thioether (sulfide) groups is 1. The number of nitrogens with zero attached hydrogens (tertiary/aromatic N) is 2. The summed E-state index contributed by atoms with van der Waals surface area (Å²) in [6.07, 6.45) is 0.125. The topological polar surface area (TPSA) is 68.7 Å². The van der Waals surface area contributed by atoms with Crippen molar-refractivity contribution in [2.45, 2.75) is 16.0 Å². The second-order valence-electron chi connectivity index (χ2n) is 5.86. The van der Waals surface area contributed by atoms with Crippen LogP contribution in [0.1, 0.15) is 6.42 Å². The van der Waals surface area contributed by atoms with Crippen LogP contribution in [0.4, 0.5) is 5.69 Å². The number of rotatable bonds is 5.